The Morgan fingerprint density at radius 2 is 2.12 bits per heavy atom. The monoisotopic (exact) mass is 394 g/mol. The second kappa shape index (κ2) is 8.14. The van der Waals surface area contributed by atoms with E-state index in [1.54, 1.807) is 35.9 Å². The van der Waals surface area contributed by atoms with E-state index in [-0.39, 0.29) is 17.1 Å². The Kier molecular flexibility index (Phi) is 5.90. The number of carbonyl (C=O) groups excluding carboxylic acids is 1. The summed E-state index contributed by atoms with van der Waals surface area (Å²) in [6, 6.07) is 10.6. The quantitative estimate of drug-likeness (QED) is 0.347. The fraction of sp³-hybridized carbons (Fsp3) is 0.235. The number of para-hydroxylation sites is 1. The zero-order valence-electron chi connectivity index (χ0n) is 13.4. The van der Waals surface area contributed by atoms with Crippen molar-refractivity contribution in [2.45, 2.75) is 11.7 Å². The molecule has 0 saturated heterocycles. The molecule has 0 atom stereocenters. The average Bonchev–Trinajstić information content (AvgIpc) is 3.05. The number of aromatic nitrogens is 2. The number of thioether (sulfide) groups is 1. The second-order valence-electron chi connectivity index (χ2n) is 5.18. The molecule has 0 bridgehead atoms. The van der Waals surface area contributed by atoms with Crippen molar-refractivity contribution in [2.75, 3.05) is 19.5 Å². The molecule has 0 N–H and O–H groups in total. The lowest BCUT2D eigenvalue weighted by atomic mass is 10.2. The number of nitrogens with zero attached hydrogens (tertiary/aromatic N) is 2. The van der Waals surface area contributed by atoms with Gasteiger partial charge in [-0.15, -0.1) is 11.3 Å². The predicted octanol–water partition coefficient (Wildman–Crippen LogP) is 3.73. The Morgan fingerprint density at radius 3 is 2.84 bits per heavy atom. The maximum Gasteiger partial charge on any atom is 0.262 e. The average molecular weight is 395 g/mol. The molecule has 0 aliphatic rings. The molecular weight excluding hydrogens is 380 g/mol. The fourth-order valence-electron chi connectivity index (χ4n) is 2.30. The van der Waals surface area contributed by atoms with Crippen LogP contribution in [-0.4, -0.2) is 34.8 Å². The SMILES string of the molecule is COCCn1c(SCC(=O)c2ccc(Cl)s2)nc2ccccc2c1=O. The summed E-state index contributed by atoms with van der Waals surface area (Å²) in [7, 11) is 1.58. The van der Waals surface area contributed by atoms with Gasteiger partial charge in [0.15, 0.2) is 10.9 Å². The number of ketones is 1. The van der Waals surface area contributed by atoms with E-state index in [1.807, 2.05) is 12.1 Å². The van der Waals surface area contributed by atoms with Gasteiger partial charge in [0.05, 0.1) is 39.0 Å². The molecule has 0 unspecified atom stereocenters. The Hall–Kier alpha value is -1.67. The van der Waals surface area contributed by atoms with Gasteiger partial charge < -0.3 is 4.74 Å². The number of thiophene rings is 1. The summed E-state index contributed by atoms with van der Waals surface area (Å²) in [6.45, 7) is 0.774. The zero-order valence-corrected chi connectivity index (χ0v) is 15.8. The standard InChI is InChI=1S/C17H15ClN2O3S2/c1-23-9-8-20-16(22)11-4-2-3-5-12(11)19-17(20)24-10-13(21)14-6-7-15(18)25-14/h2-7H,8-10H2,1H3. The molecule has 0 amide bonds. The highest BCUT2D eigenvalue weighted by atomic mass is 35.5. The van der Waals surface area contributed by atoms with Crippen LogP contribution in [0, 0.1) is 0 Å². The molecule has 0 fully saturated rings. The molecule has 1 aromatic carbocycles. The molecule has 5 nitrogen and oxygen atoms in total. The Bertz CT molecular complexity index is 968. The number of halogens is 1. The highest BCUT2D eigenvalue weighted by Crippen LogP contribution is 2.24. The van der Waals surface area contributed by atoms with Crippen molar-refractivity contribution >= 4 is 51.4 Å². The van der Waals surface area contributed by atoms with Crippen molar-refractivity contribution in [2.24, 2.45) is 0 Å². The van der Waals surface area contributed by atoms with Gasteiger partial charge in [-0.05, 0) is 24.3 Å². The van der Waals surface area contributed by atoms with E-state index >= 15 is 0 Å². The smallest absolute Gasteiger partial charge is 0.262 e. The largest absolute Gasteiger partial charge is 0.383 e. The molecule has 25 heavy (non-hydrogen) atoms. The van der Waals surface area contributed by atoms with Gasteiger partial charge in [-0.2, -0.15) is 0 Å². The summed E-state index contributed by atoms with van der Waals surface area (Å²) in [5, 5.41) is 1.07. The number of hydrogen-bond acceptors (Lipinski definition) is 6. The first-order valence-electron chi connectivity index (χ1n) is 7.50. The first kappa shape index (κ1) is 18.1. The van der Waals surface area contributed by atoms with Gasteiger partial charge in [0.2, 0.25) is 0 Å². The van der Waals surface area contributed by atoms with Gasteiger partial charge in [0, 0.05) is 7.11 Å². The summed E-state index contributed by atoms with van der Waals surface area (Å²) >= 11 is 8.38. The number of methoxy groups -OCH3 is 1. The number of benzene rings is 1. The summed E-state index contributed by atoms with van der Waals surface area (Å²) in [6.07, 6.45) is 0. The van der Waals surface area contributed by atoms with E-state index in [9.17, 15) is 9.59 Å². The minimum Gasteiger partial charge on any atom is -0.383 e. The Morgan fingerprint density at radius 1 is 1.32 bits per heavy atom. The molecule has 130 valence electrons. The molecule has 0 saturated carbocycles. The number of rotatable bonds is 7. The van der Waals surface area contributed by atoms with Crippen LogP contribution < -0.4 is 5.56 Å². The molecular formula is C17H15ClN2O3S2. The van der Waals surface area contributed by atoms with Crippen molar-refractivity contribution in [3.05, 3.63) is 56.0 Å². The summed E-state index contributed by atoms with van der Waals surface area (Å²) in [4.78, 5) is 30.2. The van der Waals surface area contributed by atoms with E-state index < -0.39 is 0 Å². The molecule has 3 aromatic rings. The minimum atomic E-state index is -0.128. The lowest BCUT2D eigenvalue weighted by Gasteiger charge is -2.12. The van der Waals surface area contributed by atoms with E-state index in [2.05, 4.69) is 4.98 Å². The van der Waals surface area contributed by atoms with Gasteiger partial charge in [-0.25, -0.2) is 4.98 Å². The van der Waals surface area contributed by atoms with Crippen LogP contribution in [0.5, 0.6) is 0 Å². The number of hydrogen-bond donors (Lipinski definition) is 0. The minimum absolute atomic E-state index is 0.0393. The number of fused-ring (bicyclic) bond motifs is 1. The number of Topliss-reactive ketones (excluding diaryl/α,β-unsaturated/α-hetero) is 1. The topological polar surface area (TPSA) is 61.2 Å². The third-order valence-electron chi connectivity index (χ3n) is 3.53. The summed E-state index contributed by atoms with van der Waals surface area (Å²) < 4.78 is 7.23. The molecule has 0 aliphatic carbocycles. The summed E-state index contributed by atoms with van der Waals surface area (Å²) in [5.41, 5.74) is 0.493. The normalized spacial score (nSPS) is 11.1. The third kappa shape index (κ3) is 4.12. The maximum absolute atomic E-state index is 12.7. The lowest BCUT2D eigenvalue weighted by molar-refractivity contribution is 0.102. The highest BCUT2D eigenvalue weighted by molar-refractivity contribution is 7.99. The van der Waals surface area contributed by atoms with Crippen molar-refractivity contribution < 1.29 is 9.53 Å². The number of carbonyl (C=O) groups is 1. The third-order valence-corrected chi connectivity index (χ3v) is 5.77. The lowest BCUT2D eigenvalue weighted by Crippen LogP contribution is -2.25. The molecule has 3 rings (SSSR count). The van der Waals surface area contributed by atoms with Crippen LogP contribution in [0.15, 0.2) is 46.3 Å². The molecule has 0 spiro atoms. The molecule has 0 radical (unpaired) electrons. The van der Waals surface area contributed by atoms with Crippen LogP contribution in [0.4, 0.5) is 0 Å². The van der Waals surface area contributed by atoms with Crippen molar-refractivity contribution in [1.29, 1.82) is 0 Å². The van der Waals surface area contributed by atoms with Crippen molar-refractivity contribution in [1.82, 2.24) is 9.55 Å². The van der Waals surface area contributed by atoms with Crippen LogP contribution >= 0.6 is 34.7 Å². The second-order valence-corrected chi connectivity index (χ2v) is 7.83. The van der Waals surface area contributed by atoms with Crippen LogP contribution in [0.1, 0.15) is 9.67 Å². The van der Waals surface area contributed by atoms with Gasteiger partial charge in [-0.1, -0.05) is 35.5 Å². The number of ether oxygens (including phenoxy) is 1. The van der Waals surface area contributed by atoms with E-state index in [0.29, 0.717) is 38.4 Å². The first-order valence-corrected chi connectivity index (χ1v) is 9.68. The van der Waals surface area contributed by atoms with E-state index in [1.165, 1.54) is 23.1 Å². The van der Waals surface area contributed by atoms with Gasteiger partial charge in [0.25, 0.3) is 5.56 Å². The predicted molar refractivity (Wildman–Crippen MR) is 102 cm³/mol. The highest BCUT2D eigenvalue weighted by Gasteiger charge is 2.15. The van der Waals surface area contributed by atoms with Crippen LogP contribution in [0.2, 0.25) is 4.34 Å². The Balaban J connectivity index is 1.90. The van der Waals surface area contributed by atoms with Gasteiger partial charge in [-0.3, -0.25) is 14.2 Å². The summed E-state index contributed by atoms with van der Waals surface area (Å²) in [5.74, 6) is 0.150. The van der Waals surface area contributed by atoms with Crippen molar-refractivity contribution in [3.8, 4) is 0 Å². The molecule has 2 aromatic heterocycles. The Labute approximate surface area is 157 Å². The molecule has 8 heteroatoms. The van der Waals surface area contributed by atoms with E-state index in [4.69, 9.17) is 16.3 Å². The van der Waals surface area contributed by atoms with Crippen molar-refractivity contribution in [3.63, 3.8) is 0 Å². The first-order chi connectivity index (χ1) is 12.1. The fourth-order valence-corrected chi connectivity index (χ4v) is 4.28. The van der Waals surface area contributed by atoms with Crippen LogP contribution in [0.25, 0.3) is 10.9 Å². The van der Waals surface area contributed by atoms with E-state index in [0.717, 1.165) is 0 Å². The van der Waals surface area contributed by atoms with Crippen LogP contribution in [-0.2, 0) is 11.3 Å². The zero-order chi connectivity index (χ0) is 17.8. The van der Waals surface area contributed by atoms with Crippen LogP contribution in [0.3, 0.4) is 0 Å². The van der Waals surface area contributed by atoms with Gasteiger partial charge in [0.1, 0.15) is 0 Å². The van der Waals surface area contributed by atoms with Gasteiger partial charge >= 0.3 is 0 Å². The maximum atomic E-state index is 12.7. The molecule has 2 heterocycles. The molecule has 0 aliphatic heterocycles.